The molecule has 3 aromatic rings. The third-order valence-electron chi connectivity index (χ3n) is 4.19. The number of carbonyl (C=O) groups excluding carboxylic acids is 1. The number of nitrogens with zero attached hydrogens (tertiary/aromatic N) is 1. The highest BCUT2D eigenvalue weighted by atomic mass is 32.1. The van der Waals surface area contributed by atoms with Crippen LogP contribution < -0.4 is 5.32 Å². The van der Waals surface area contributed by atoms with Crippen molar-refractivity contribution in [2.75, 3.05) is 0 Å². The van der Waals surface area contributed by atoms with Crippen molar-refractivity contribution in [3.8, 4) is 10.7 Å². The fourth-order valence-corrected chi connectivity index (χ4v) is 3.79. The van der Waals surface area contributed by atoms with E-state index in [1.807, 2.05) is 23.6 Å². The fraction of sp³-hybridized carbons (Fsp3) is 0.294. The van der Waals surface area contributed by atoms with Gasteiger partial charge in [-0.15, -0.1) is 11.3 Å². The summed E-state index contributed by atoms with van der Waals surface area (Å²) < 4.78 is 0. The quantitative estimate of drug-likeness (QED) is 0.769. The van der Waals surface area contributed by atoms with Crippen LogP contribution in [0.15, 0.2) is 35.7 Å². The van der Waals surface area contributed by atoms with E-state index in [-0.39, 0.29) is 5.91 Å². The molecule has 0 saturated heterocycles. The van der Waals surface area contributed by atoms with E-state index in [1.165, 1.54) is 24.2 Å². The fourth-order valence-electron chi connectivity index (χ4n) is 3.02. The van der Waals surface area contributed by atoms with Crippen LogP contribution in [-0.4, -0.2) is 21.9 Å². The van der Waals surface area contributed by atoms with Gasteiger partial charge in [-0.3, -0.25) is 4.79 Å². The number of aromatic nitrogens is 2. The SMILES string of the molecule is O=C(NC1CCCC1)c1csc(-c2cc3ccccc3[nH]2)n1. The molecule has 22 heavy (non-hydrogen) atoms. The van der Waals surface area contributed by atoms with E-state index < -0.39 is 0 Å². The molecule has 1 aliphatic rings. The third kappa shape index (κ3) is 2.52. The van der Waals surface area contributed by atoms with Crippen molar-refractivity contribution in [3.05, 3.63) is 41.4 Å². The zero-order valence-electron chi connectivity index (χ0n) is 12.1. The predicted octanol–water partition coefficient (Wildman–Crippen LogP) is 3.96. The zero-order chi connectivity index (χ0) is 14.9. The van der Waals surface area contributed by atoms with Crippen molar-refractivity contribution >= 4 is 28.1 Å². The van der Waals surface area contributed by atoms with Crippen LogP contribution in [0.4, 0.5) is 0 Å². The number of fused-ring (bicyclic) bond motifs is 1. The molecule has 0 radical (unpaired) electrons. The minimum atomic E-state index is -0.0505. The van der Waals surface area contributed by atoms with Gasteiger partial charge in [0.1, 0.15) is 10.7 Å². The minimum absolute atomic E-state index is 0.0505. The molecule has 0 atom stereocenters. The van der Waals surface area contributed by atoms with Crippen molar-refractivity contribution in [3.63, 3.8) is 0 Å². The third-order valence-corrected chi connectivity index (χ3v) is 5.06. The van der Waals surface area contributed by atoms with Crippen LogP contribution in [0.3, 0.4) is 0 Å². The maximum atomic E-state index is 12.2. The highest BCUT2D eigenvalue weighted by molar-refractivity contribution is 7.13. The molecule has 1 saturated carbocycles. The number of para-hydroxylation sites is 1. The summed E-state index contributed by atoms with van der Waals surface area (Å²) in [6, 6.07) is 10.5. The molecule has 0 unspecified atom stereocenters. The maximum Gasteiger partial charge on any atom is 0.270 e. The first-order valence-corrected chi connectivity index (χ1v) is 8.52. The second-order valence-corrected chi connectivity index (χ2v) is 6.62. The van der Waals surface area contributed by atoms with Crippen LogP contribution in [0.1, 0.15) is 36.2 Å². The van der Waals surface area contributed by atoms with E-state index in [4.69, 9.17) is 0 Å². The number of benzene rings is 1. The first-order valence-electron chi connectivity index (χ1n) is 7.64. The summed E-state index contributed by atoms with van der Waals surface area (Å²) in [5.74, 6) is -0.0505. The average molecular weight is 311 g/mol. The van der Waals surface area contributed by atoms with Crippen molar-refractivity contribution < 1.29 is 4.79 Å². The Morgan fingerprint density at radius 3 is 2.91 bits per heavy atom. The van der Waals surface area contributed by atoms with Crippen molar-refractivity contribution in [2.24, 2.45) is 0 Å². The lowest BCUT2D eigenvalue weighted by atomic mass is 10.2. The number of nitrogens with one attached hydrogen (secondary N) is 2. The van der Waals surface area contributed by atoms with Gasteiger partial charge >= 0.3 is 0 Å². The molecule has 112 valence electrons. The van der Waals surface area contributed by atoms with Gasteiger partial charge in [-0.1, -0.05) is 31.0 Å². The summed E-state index contributed by atoms with van der Waals surface area (Å²) in [4.78, 5) is 20.1. The molecule has 0 aliphatic heterocycles. The Hall–Kier alpha value is -2.14. The smallest absolute Gasteiger partial charge is 0.270 e. The van der Waals surface area contributed by atoms with Crippen molar-refractivity contribution in [2.45, 2.75) is 31.7 Å². The van der Waals surface area contributed by atoms with Crippen LogP contribution in [-0.2, 0) is 0 Å². The van der Waals surface area contributed by atoms with E-state index in [2.05, 4.69) is 27.4 Å². The lowest BCUT2D eigenvalue weighted by molar-refractivity contribution is 0.0933. The highest BCUT2D eigenvalue weighted by Crippen LogP contribution is 2.27. The van der Waals surface area contributed by atoms with Crippen LogP contribution in [0.25, 0.3) is 21.6 Å². The molecule has 1 aliphatic carbocycles. The number of H-pyrrole nitrogens is 1. The number of hydrogen-bond acceptors (Lipinski definition) is 3. The monoisotopic (exact) mass is 311 g/mol. The van der Waals surface area contributed by atoms with Crippen LogP contribution in [0.5, 0.6) is 0 Å². The average Bonchev–Trinajstić information content (AvgIpc) is 3.26. The second kappa shape index (κ2) is 5.57. The summed E-state index contributed by atoms with van der Waals surface area (Å²) in [6.45, 7) is 0. The molecule has 0 bridgehead atoms. The van der Waals surface area contributed by atoms with Crippen molar-refractivity contribution in [1.82, 2.24) is 15.3 Å². The molecule has 2 N–H and O–H groups in total. The molecule has 0 spiro atoms. The maximum absolute atomic E-state index is 12.2. The van der Waals surface area contributed by atoms with E-state index in [9.17, 15) is 4.79 Å². The number of aromatic amines is 1. The number of rotatable bonds is 3. The van der Waals surface area contributed by atoms with E-state index in [0.29, 0.717) is 11.7 Å². The molecule has 4 nitrogen and oxygen atoms in total. The standard InChI is InChI=1S/C17H17N3OS/c21-16(18-12-6-2-3-7-12)15-10-22-17(20-15)14-9-11-5-1-4-8-13(11)19-14/h1,4-5,8-10,12,19H,2-3,6-7H2,(H,18,21). The Morgan fingerprint density at radius 2 is 2.09 bits per heavy atom. The van der Waals surface area contributed by atoms with E-state index in [1.54, 1.807) is 0 Å². The lowest BCUT2D eigenvalue weighted by Crippen LogP contribution is -2.32. The van der Waals surface area contributed by atoms with E-state index >= 15 is 0 Å². The number of thiazole rings is 1. The van der Waals surface area contributed by atoms with Gasteiger partial charge in [-0.05, 0) is 25.0 Å². The molecular formula is C17H17N3OS. The molecule has 1 amide bonds. The van der Waals surface area contributed by atoms with Gasteiger partial charge in [0.15, 0.2) is 0 Å². The van der Waals surface area contributed by atoms with E-state index in [0.717, 1.165) is 34.4 Å². The van der Waals surface area contributed by atoms with Gasteiger partial charge < -0.3 is 10.3 Å². The van der Waals surface area contributed by atoms with Crippen LogP contribution in [0.2, 0.25) is 0 Å². The zero-order valence-corrected chi connectivity index (χ0v) is 13.0. The topological polar surface area (TPSA) is 57.8 Å². The Morgan fingerprint density at radius 1 is 1.27 bits per heavy atom. The van der Waals surface area contributed by atoms with Gasteiger partial charge in [-0.25, -0.2) is 4.98 Å². The molecule has 2 aromatic heterocycles. The molecule has 5 heteroatoms. The summed E-state index contributed by atoms with van der Waals surface area (Å²) in [6.07, 6.45) is 4.60. The first-order chi connectivity index (χ1) is 10.8. The van der Waals surface area contributed by atoms with Gasteiger partial charge in [0.05, 0.1) is 5.69 Å². The summed E-state index contributed by atoms with van der Waals surface area (Å²) >= 11 is 1.50. The highest BCUT2D eigenvalue weighted by Gasteiger charge is 2.20. The number of carbonyl (C=O) groups is 1. The minimum Gasteiger partial charge on any atom is -0.353 e. The summed E-state index contributed by atoms with van der Waals surface area (Å²) in [7, 11) is 0. The number of amides is 1. The molecule has 2 heterocycles. The largest absolute Gasteiger partial charge is 0.353 e. The van der Waals surface area contributed by atoms with Gasteiger partial charge in [0.25, 0.3) is 5.91 Å². The number of hydrogen-bond donors (Lipinski definition) is 2. The molecule has 4 rings (SSSR count). The van der Waals surface area contributed by atoms with Crippen LogP contribution >= 0.6 is 11.3 Å². The van der Waals surface area contributed by atoms with Crippen molar-refractivity contribution in [1.29, 1.82) is 0 Å². The lowest BCUT2D eigenvalue weighted by Gasteiger charge is -2.09. The second-order valence-electron chi connectivity index (χ2n) is 5.76. The summed E-state index contributed by atoms with van der Waals surface area (Å²) in [5.41, 5.74) is 2.57. The van der Waals surface area contributed by atoms with Gasteiger partial charge in [0.2, 0.25) is 0 Å². The Bertz CT molecular complexity index is 781. The Balaban J connectivity index is 1.56. The Kier molecular flexibility index (Phi) is 3.42. The van der Waals surface area contributed by atoms with Crippen LogP contribution in [0, 0.1) is 0 Å². The normalized spacial score (nSPS) is 15.5. The van der Waals surface area contributed by atoms with Gasteiger partial charge in [-0.2, -0.15) is 0 Å². The molecule has 1 aromatic carbocycles. The Labute approximate surface area is 132 Å². The molecular weight excluding hydrogens is 294 g/mol. The molecule has 1 fully saturated rings. The van der Waals surface area contributed by atoms with Gasteiger partial charge in [0, 0.05) is 22.3 Å². The predicted molar refractivity (Wildman–Crippen MR) is 89.1 cm³/mol. The summed E-state index contributed by atoms with van der Waals surface area (Å²) in [5, 5.41) is 6.93. The first kappa shape index (κ1) is 13.5.